The average Bonchev–Trinajstić information content (AvgIpc) is 3.22. The molecule has 0 saturated carbocycles. The number of carbonyl (C=O) groups is 1. The number of aromatic nitrogens is 4. The first-order valence-corrected chi connectivity index (χ1v) is 9.41. The summed E-state index contributed by atoms with van der Waals surface area (Å²) in [6.45, 7) is 2.21. The first kappa shape index (κ1) is 18.9. The van der Waals surface area contributed by atoms with E-state index >= 15 is 0 Å². The molecule has 4 rings (SSSR count). The van der Waals surface area contributed by atoms with Crippen LogP contribution < -0.4 is 11.1 Å². The lowest BCUT2D eigenvalue weighted by Gasteiger charge is -2.13. The quantitative estimate of drug-likeness (QED) is 0.522. The van der Waals surface area contributed by atoms with E-state index in [9.17, 15) is 13.6 Å². The van der Waals surface area contributed by atoms with Gasteiger partial charge >= 0.3 is 0 Å². The molecule has 0 unspecified atom stereocenters. The van der Waals surface area contributed by atoms with Gasteiger partial charge in [0.25, 0.3) is 5.92 Å². The van der Waals surface area contributed by atoms with Crippen molar-refractivity contribution >= 4 is 33.7 Å². The van der Waals surface area contributed by atoms with Gasteiger partial charge in [0.2, 0.25) is 10.9 Å². The fourth-order valence-electron chi connectivity index (χ4n) is 2.91. The number of rotatable bonds is 4. The van der Waals surface area contributed by atoms with Gasteiger partial charge in [-0.1, -0.05) is 23.5 Å². The summed E-state index contributed by atoms with van der Waals surface area (Å²) >= 11 is 1.34. The molecular formula is C19H16F2N6OS. The molecule has 0 saturated heterocycles. The summed E-state index contributed by atoms with van der Waals surface area (Å²) in [6, 6.07) is 8.57. The molecule has 1 amide bonds. The minimum absolute atomic E-state index is 0.169. The molecular weight excluding hydrogens is 398 g/mol. The number of carbonyl (C=O) groups excluding carboxylic acids is 1. The van der Waals surface area contributed by atoms with Crippen molar-refractivity contribution in [3.8, 4) is 21.8 Å². The average molecular weight is 414 g/mol. The lowest BCUT2D eigenvalue weighted by molar-refractivity contribution is -0.114. The van der Waals surface area contributed by atoms with E-state index in [1.165, 1.54) is 30.5 Å². The van der Waals surface area contributed by atoms with Crippen LogP contribution >= 0.6 is 11.3 Å². The molecule has 1 aromatic carbocycles. The van der Waals surface area contributed by atoms with Gasteiger partial charge in [-0.2, -0.15) is 5.10 Å². The van der Waals surface area contributed by atoms with Crippen molar-refractivity contribution in [1.29, 1.82) is 0 Å². The number of nitrogens with two attached hydrogens (primary N) is 1. The van der Waals surface area contributed by atoms with Crippen LogP contribution in [0.4, 0.5) is 20.3 Å². The number of fused-ring (bicyclic) bond motifs is 1. The van der Waals surface area contributed by atoms with Crippen molar-refractivity contribution in [2.45, 2.75) is 19.8 Å². The smallest absolute Gasteiger partial charge is 0.274 e. The Balaban J connectivity index is 1.77. The van der Waals surface area contributed by atoms with E-state index in [0.717, 1.165) is 12.5 Å². The number of halogens is 2. The monoisotopic (exact) mass is 414 g/mol. The molecule has 4 aromatic rings. The van der Waals surface area contributed by atoms with Crippen LogP contribution in [0.25, 0.3) is 26.8 Å². The zero-order chi connectivity index (χ0) is 20.8. The Kier molecular flexibility index (Phi) is 4.50. The topological polar surface area (TPSA) is 98.2 Å². The highest BCUT2D eigenvalue weighted by molar-refractivity contribution is 7.19. The third-order valence-corrected chi connectivity index (χ3v) is 5.17. The molecule has 148 valence electrons. The number of nitrogens with one attached hydrogen (secondary N) is 1. The summed E-state index contributed by atoms with van der Waals surface area (Å²) in [6.07, 6.45) is 2.98. The lowest BCUT2D eigenvalue weighted by atomic mass is 10.1. The Labute approximate surface area is 168 Å². The molecule has 0 atom stereocenters. The highest BCUT2D eigenvalue weighted by Gasteiger charge is 2.28. The molecule has 7 nitrogen and oxygen atoms in total. The number of pyridine rings is 1. The van der Waals surface area contributed by atoms with Crippen molar-refractivity contribution in [2.75, 3.05) is 11.1 Å². The van der Waals surface area contributed by atoms with E-state index < -0.39 is 5.92 Å². The number of alkyl halides is 2. The van der Waals surface area contributed by atoms with Gasteiger partial charge in [-0.3, -0.25) is 4.79 Å². The van der Waals surface area contributed by atoms with Crippen LogP contribution in [-0.4, -0.2) is 25.5 Å². The van der Waals surface area contributed by atoms with Crippen molar-refractivity contribution < 1.29 is 13.6 Å². The van der Waals surface area contributed by atoms with E-state index in [-0.39, 0.29) is 17.3 Å². The first-order valence-electron chi connectivity index (χ1n) is 8.59. The summed E-state index contributed by atoms with van der Waals surface area (Å²) in [5, 5.41) is 7.97. The standard InChI is InChI=1S/C19H16F2N6OS/c1-10(28)25-13-5-3-4-11(6-13)17-26-27-15(9-24-18(27)29-17)12-7-14(19(2,20)21)16(22)23-8-12/h3-9H,1-2H3,(H2,22,23)(H,25,28). The molecule has 10 heteroatoms. The van der Waals surface area contributed by atoms with E-state index in [1.807, 2.05) is 12.1 Å². The maximum Gasteiger partial charge on any atom is 0.274 e. The van der Waals surface area contributed by atoms with Crippen LogP contribution in [0.15, 0.2) is 42.7 Å². The molecule has 0 aliphatic heterocycles. The molecule has 3 aromatic heterocycles. The molecule has 3 heterocycles. The summed E-state index contributed by atoms with van der Waals surface area (Å²) < 4.78 is 29.2. The normalized spacial score (nSPS) is 11.7. The van der Waals surface area contributed by atoms with Crippen LogP contribution in [0, 0.1) is 0 Å². The van der Waals surface area contributed by atoms with Gasteiger partial charge in [0.05, 0.1) is 17.5 Å². The van der Waals surface area contributed by atoms with Crippen molar-refractivity contribution in [3.05, 3.63) is 48.3 Å². The Hall–Kier alpha value is -3.40. The Morgan fingerprint density at radius 1 is 1.21 bits per heavy atom. The highest BCUT2D eigenvalue weighted by atomic mass is 32.1. The molecule has 0 spiro atoms. The fourth-order valence-corrected chi connectivity index (χ4v) is 3.78. The fraction of sp³-hybridized carbons (Fsp3) is 0.158. The number of nitrogen functional groups attached to an aromatic ring is 1. The maximum atomic E-state index is 13.8. The van der Waals surface area contributed by atoms with E-state index in [4.69, 9.17) is 5.73 Å². The van der Waals surface area contributed by atoms with Crippen LogP contribution in [0.3, 0.4) is 0 Å². The van der Waals surface area contributed by atoms with E-state index in [1.54, 1.807) is 22.8 Å². The lowest BCUT2D eigenvalue weighted by Crippen LogP contribution is -2.12. The second kappa shape index (κ2) is 6.89. The summed E-state index contributed by atoms with van der Waals surface area (Å²) in [5.41, 5.74) is 7.69. The molecule has 0 radical (unpaired) electrons. The van der Waals surface area contributed by atoms with Crippen LogP contribution in [0.1, 0.15) is 19.4 Å². The molecule has 29 heavy (non-hydrogen) atoms. The van der Waals surface area contributed by atoms with Crippen LogP contribution in [0.5, 0.6) is 0 Å². The van der Waals surface area contributed by atoms with Crippen molar-refractivity contribution in [1.82, 2.24) is 19.6 Å². The third kappa shape index (κ3) is 3.66. The predicted octanol–water partition coefficient (Wildman–Crippen LogP) is 4.17. The van der Waals surface area contributed by atoms with Crippen molar-refractivity contribution in [2.24, 2.45) is 0 Å². The van der Waals surface area contributed by atoms with E-state index in [0.29, 0.717) is 26.9 Å². The van der Waals surface area contributed by atoms with Gasteiger partial charge in [-0.25, -0.2) is 23.3 Å². The van der Waals surface area contributed by atoms with Gasteiger partial charge in [-0.15, -0.1) is 0 Å². The van der Waals surface area contributed by atoms with E-state index in [2.05, 4.69) is 20.4 Å². The SMILES string of the molecule is CC(=O)Nc1cccc(-c2nn3c(-c4cnc(N)c(C(C)(F)F)c4)cnc3s2)c1. The number of hydrogen-bond acceptors (Lipinski definition) is 6. The molecule has 0 bridgehead atoms. The zero-order valence-electron chi connectivity index (χ0n) is 15.5. The summed E-state index contributed by atoms with van der Waals surface area (Å²) in [7, 11) is 0. The molecule has 3 N–H and O–H groups in total. The number of benzene rings is 1. The van der Waals surface area contributed by atoms with Gasteiger partial charge in [0.1, 0.15) is 10.8 Å². The number of imidazole rings is 1. The number of hydrogen-bond donors (Lipinski definition) is 2. The van der Waals surface area contributed by atoms with Crippen LogP contribution in [-0.2, 0) is 10.7 Å². The number of nitrogens with zero attached hydrogens (tertiary/aromatic N) is 4. The van der Waals surface area contributed by atoms with Gasteiger partial charge in [0, 0.05) is 36.9 Å². The van der Waals surface area contributed by atoms with Gasteiger partial charge in [-0.05, 0) is 18.2 Å². The minimum atomic E-state index is -3.12. The van der Waals surface area contributed by atoms with Crippen molar-refractivity contribution in [3.63, 3.8) is 0 Å². The molecule has 0 aliphatic carbocycles. The summed E-state index contributed by atoms with van der Waals surface area (Å²) in [4.78, 5) is 20.1. The summed E-state index contributed by atoms with van der Waals surface area (Å²) in [5.74, 6) is -3.50. The second-order valence-electron chi connectivity index (χ2n) is 6.55. The second-order valence-corrected chi connectivity index (χ2v) is 7.51. The minimum Gasteiger partial charge on any atom is -0.383 e. The number of amides is 1. The largest absolute Gasteiger partial charge is 0.383 e. The Morgan fingerprint density at radius 2 is 2.00 bits per heavy atom. The molecule has 0 aliphatic rings. The Morgan fingerprint density at radius 3 is 2.72 bits per heavy atom. The first-order chi connectivity index (χ1) is 13.7. The third-order valence-electron chi connectivity index (χ3n) is 4.20. The molecule has 0 fully saturated rings. The predicted molar refractivity (Wildman–Crippen MR) is 108 cm³/mol. The van der Waals surface area contributed by atoms with Gasteiger partial charge in [0.15, 0.2) is 0 Å². The van der Waals surface area contributed by atoms with Crippen LogP contribution in [0.2, 0.25) is 0 Å². The number of anilines is 2. The maximum absolute atomic E-state index is 13.8. The van der Waals surface area contributed by atoms with Gasteiger partial charge < -0.3 is 11.1 Å². The zero-order valence-corrected chi connectivity index (χ0v) is 16.3. The Bertz CT molecular complexity index is 1230. The highest BCUT2D eigenvalue weighted by Crippen LogP contribution is 2.35.